The van der Waals surface area contributed by atoms with Gasteiger partial charge in [0.05, 0.1) is 0 Å². The topological polar surface area (TPSA) is 30.0 Å². The molecule has 1 aliphatic rings. The molecule has 0 radical (unpaired) electrons. The van der Waals surface area contributed by atoms with Crippen LogP contribution in [0, 0.1) is 11.6 Å². The van der Waals surface area contributed by atoms with Crippen LogP contribution in [0.2, 0.25) is 5.02 Å². The molecular formula is C16H14ClF2NO. The molecule has 21 heavy (non-hydrogen) atoms. The Labute approximate surface area is 126 Å². The molecule has 0 spiro atoms. The van der Waals surface area contributed by atoms with Gasteiger partial charge >= 0.3 is 0 Å². The molecule has 1 aliphatic carbocycles. The second kappa shape index (κ2) is 6.76. The summed E-state index contributed by atoms with van der Waals surface area (Å²) < 4.78 is 25.5. The SMILES string of the molecule is CC(=O)c1cc(Cl)ccn1.Fc1ccc2c(c1F)CCC2. The summed E-state index contributed by atoms with van der Waals surface area (Å²) in [5.74, 6) is -1.42. The predicted octanol–water partition coefficient (Wildman–Crippen LogP) is 4.39. The third kappa shape index (κ3) is 3.85. The third-order valence-electron chi connectivity index (χ3n) is 3.25. The van der Waals surface area contributed by atoms with Crippen molar-refractivity contribution < 1.29 is 13.6 Å². The Morgan fingerprint density at radius 3 is 2.62 bits per heavy atom. The molecule has 3 rings (SSSR count). The van der Waals surface area contributed by atoms with Gasteiger partial charge in [0, 0.05) is 18.1 Å². The highest BCUT2D eigenvalue weighted by molar-refractivity contribution is 6.30. The molecule has 0 fully saturated rings. The fourth-order valence-corrected chi connectivity index (χ4v) is 2.35. The van der Waals surface area contributed by atoms with E-state index in [1.54, 1.807) is 18.2 Å². The maximum absolute atomic E-state index is 12.9. The molecule has 1 aromatic heterocycles. The lowest BCUT2D eigenvalue weighted by Crippen LogP contribution is -1.94. The number of pyridine rings is 1. The van der Waals surface area contributed by atoms with E-state index in [9.17, 15) is 13.6 Å². The largest absolute Gasteiger partial charge is 0.293 e. The van der Waals surface area contributed by atoms with Crippen molar-refractivity contribution in [3.63, 3.8) is 0 Å². The number of rotatable bonds is 1. The van der Waals surface area contributed by atoms with E-state index in [0.29, 0.717) is 22.7 Å². The highest BCUT2D eigenvalue weighted by atomic mass is 35.5. The Hall–Kier alpha value is -1.81. The number of Topliss-reactive ketones (excluding diaryl/α,β-unsaturated/α-hetero) is 1. The molecule has 0 saturated heterocycles. The molecule has 2 aromatic rings. The van der Waals surface area contributed by atoms with Gasteiger partial charge in [-0.1, -0.05) is 17.7 Å². The lowest BCUT2D eigenvalue weighted by Gasteiger charge is -1.99. The normalized spacial score (nSPS) is 12.4. The van der Waals surface area contributed by atoms with Crippen molar-refractivity contribution in [1.29, 1.82) is 0 Å². The molecule has 5 heteroatoms. The van der Waals surface area contributed by atoms with Crippen LogP contribution >= 0.6 is 11.6 Å². The summed E-state index contributed by atoms with van der Waals surface area (Å²) in [5.41, 5.74) is 1.97. The molecule has 0 unspecified atom stereocenters. The summed E-state index contributed by atoms with van der Waals surface area (Å²) in [6.07, 6.45) is 4.06. The van der Waals surface area contributed by atoms with Crippen molar-refractivity contribution in [2.45, 2.75) is 26.2 Å². The van der Waals surface area contributed by atoms with Crippen LogP contribution in [0.5, 0.6) is 0 Å². The smallest absolute Gasteiger partial charge is 0.178 e. The first-order valence-corrected chi connectivity index (χ1v) is 6.95. The minimum Gasteiger partial charge on any atom is -0.293 e. The number of aryl methyl sites for hydroxylation is 1. The summed E-state index contributed by atoms with van der Waals surface area (Å²) in [7, 11) is 0. The Morgan fingerprint density at radius 1 is 1.24 bits per heavy atom. The predicted molar refractivity (Wildman–Crippen MR) is 77.6 cm³/mol. The van der Waals surface area contributed by atoms with Crippen molar-refractivity contribution >= 4 is 17.4 Å². The van der Waals surface area contributed by atoms with E-state index in [1.807, 2.05) is 0 Å². The third-order valence-corrected chi connectivity index (χ3v) is 3.48. The van der Waals surface area contributed by atoms with Crippen LogP contribution in [0.15, 0.2) is 30.5 Å². The second-order valence-corrected chi connectivity index (χ2v) is 5.20. The molecule has 0 amide bonds. The number of benzene rings is 1. The summed E-state index contributed by atoms with van der Waals surface area (Å²) >= 11 is 5.60. The standard InChI is InChI=1S/C9H8F2.C7H6ClNO/c10-8-5-4-6-2-1-3-7(6)9(8)11;1-5(10)7-4-6(8)2-3-9-7/h4-5H,1-3H2;2-4H,1H3. The fourth-order valence-electron chi connectivity index (χ4n) is 2.19. The molecule has 0 N–H and O–H groups in total. The van der Waals surface area contributed by atoms with Crippen LogP contribution < -0.4 is 0 Å². The van der Waals surface area contributed by atoms with Crippen LogP contribution in [0.3, 0.4) is 0 Å². The molecule has 0 bridgehead atoms. The van der Waals surface area contributed by atoms with Gasteiger partial charge in [-0.3, -0.25) is 9.78 Å². The van der Waals surface area contributed by atoms with Gasteiger partial charge in [-0.25, -0.2) is 8.78 Å². The number of halogens is 3. The highest BCUT2D eigenvalue weighted by Crippen LogP contribution is 2.25. The number of carbonyl (C=O) groups is 1. The maximum atomic E-state index is 12.9. The average Bonchev–Trinajstić information content (AvgIpc) is 2.93. The van der Waals surface area contributed by atoms with Crippen molar-refractivity contribution in [1.82, 2.24) is 4.98 Å². The number of aromatic nitrogens is 1. The van der Waals surface area contributed by atoms with E-state index in [2.05, 4.69) is 4.98 Å². The van der Waals surface area contributed by atoms with E-state index < -0.39 is 11.6 Å². The van der Waals surface area contributed by atoms with Crippen molar-refractivity contribution in [2.75, 3.05) is 0 Å². The molecule has 1 heterocycles. The molecule has 0 saturated carbocycles. The molecule has 1 aromatic carbocycles. The Morgan fingerprint density at radius 2 is 2.00 bits per heavy atom. The minimum absolute atomic E-state index is 0.0671. The number of hydrogen-bond acceptors (Lipinski definition) is 2. The molecule has 110 valence electrons. The summed E-state index contributed by atoms with van der Waals surface area (Å²) in [6.45, 7) is 1.46. The van der Waals surface area contributed by atoms with E-state index in [-0.39, 0.29) is 5.78 Å². The van der Waals surface area contributed by atoms with Crippen LogP contribution in [-0.4, -0.2) is 10.8 Å². The summed E-state index contributed by atoms with van der Waals surface area (Å²) in [4.78, 5) is 14.5. The van der Waals surface area contributed by atoms with Gasteiger partial charge in [0.2, 0.25) is 0 Å². The van der Waals surface area contributed by atoms with Crippen LogP contribution in [0.4, 0.5) is 8.78 Å². The summed E-state index contributed by atoms with van der Waals surface area (Å²) in [5, 5.41) is 0.542. The molecule has 2 nitrogen and oxygen atoms in total. The van der Waals surface area contributed by atoms with Gasteiger partial charge < -0.3 is 0 Å². The van der Waals surface area contributed by atoms with Gasteiger partial charge in [-0.2, -0.15) is 0 Å². The Bertz CT molecular complexity index is 673. The van der Waals surface area contributed by atoms with Gasteiger partial charge in [0.25, 0.3) is 0 Å². The number of hydrogen-bond donors (Lipinski definition) is 0. The van der Waals surface area contributed by atoms with Crippen LogP contribution in [0.1, 0.15) is 35.0 Å². The monoisotopic (exact) mass is 309 g/mol. The van der Waals surface area contributed by atoms with E-state index in [1.165, 1.54) is 19.2 Å². The zero-order valence-corrected chi connectivity index (χ0v) is 12.3. The first-order chi connectivity index (χ1) is 9.99. The number of carbonyl (C=O) groups excluding carboxylic acids is 1. The highest BCUT2D eigenvalue weighted by Gasteiger charge is 2.17. The summed E-state index contributed by atoms with van der Waals surface area (Å²) in [6, 6.07) is 6.07. The van der Waals surface area contributed by atoms with Gasteiger partial charge in [-0.05, 0) is 48.6 Å². The van der Waals surface area contributed by atoms with Gasteiger partial charge in [0.15, 0.2) is 17.4 Å². The quantitative estimate of drug-likeness (QED) is 0.731. The molecule has 0 aliphatic heterocycles. The van der Waals surface area contributed by atoms with Crippen molar-refractivity contribution in [2.24, 2.45) is 0 Å². The fraction of sp³-hybridized carbons (Fsp3) is 0.250. The van der Waals surface area contributed by atoms with Crippen molar-refractivity contribution in [3.8, 4) is 0 Å². The van der Waals surface area contributed by atoms with E-state index in [0.717, 1.165) is 18.4 Å². The number of fused-ring (bicyclic) bond motifs is 1. The van der Waals surface area contributed by atoms with Crippen molar-refractivity contribution in [3.05, 3.63) is 63.9 Å². The molecular weight excluding hydrogens is 296 g/mol. The zero-order chi connectivity index (χ0) is 15.4. The zero-order valence-electron chi connectivity index (χ0n) is 11.5. The first-order valence-electron chi connectivity index (χ1n) is 6.57. The lowest BCUT2D eigenvalue weighted by molar-refractivity contribution is 0.101. The second-order valence-electron chi connectivity index (χ2n) is 4.77. The molecule has 0 atom stereocenters. The van der Waals surface area contributed by atoms with E-state index >= 15 is 0 Å². The Balaban J connectivity index is 0.000000155. The lowest BCUT2D eigenvalue weighted by atomic mass is 10.1. The maximum Gasteiger partial charge on any atom is 0.178 e. The number of ketones is 1. The van der Waals surface area contributed by atoms with Crippen LogP contribution in [0.25, 0.3) is 0 Å². The minimum atomic E-state index is -0.717. The van der Waals surface area contributed by atoms with Crippen LogP contribution in [-0.2, 0) is 12.8 Å². The first kappa shape index (κ1) is 15.6. The Kier molecular flexibility index (Phi) is 5.02. The van der Waals surface area contributed by atoms with Gasteiger partial charge in [-0.15, -0.1) is 0 Å². The van der Waals surface area contributed by atoms with E-state index in [4.69, 9.17) is 11.6 Å². The average molecular weight is 310 g/mol. The van der Waals surface area contributed by atoms with Gasteiger partial charge in [0.1, 0.15) is 5.69 Å². The number of nitrogens with zero attached hydrogens (tertiary/aromatic N) is 1.